The summed E-state index contributed by atoms with van der Waals surface area (Å²) in [6, 6.07) is 18.8. The van der Waals surface area contributed by atoms with Crippen LogP contribution in [-0.4, -0.2) is 30.9 Å². The molecule has 0 radical (unpaired) electrons. The van der Waals surface area contributed by atoms with Gasteiger partial charge in [-0.15, -0.1) is 11.3 Å². The lowest BCUT2D eigenvalue weighted by Crippen LogP contribution is -2.14. The molecule has 2 aromatic carbocycles. The van der Waals surface area contributed by atoms with E-state index in [-0.39, 0.29) is 5.78 Å². The minimum atomic E-state index is -0.902. The molecule has 3 aromatic rings. The number of aliphatic hydroxyl groups excluding tert-OH is 1. The molecule has 0 bridgehead atoms. The fraction of sp³-hybridized carbons (Fsp3) is 0.227. The van der Waals surface area contributed by atoms with Crippen LogP contribution in [0.5, 0.6) is 5.75 Å². The van der Waals surface area contributed by atoms with Gasteiger partial charge in [-0.25, -0.2) is 0 Å². The zero-order valence-corrected chi connectivity index (χ0v) is 16.2. The number of ketones is 1. The monoisotopic (exact) mass is 382 g/mol. The Balaban J connectivity index is 1.98. The van der Waals surface area contributed by atoms with E-state index < -0.39 is 6.29 Å². The Morgan fingerprint density at radius 3 is 2.44 bits per heavy atom. The van der Waals surface area contributed by atoms with E-state index in [1.165, 1.54) is 11.3 Å². The van der Waals surface area contributed by atoms with Gasteiger partial charge in [-0.05, 0) is 48.4 Å². The molecule has 0 aliphatic heterocycles. The fourth-order valence-electron chi connectivity index (χ4n) is 2.85. The standard InChI is InChI=1S/C22H22O4S/c1-3-26-20(23)14-17-13-19(21(24)15-7-5-4-6-8-15)27-22(17)16-9-11-18(25-2)12-10-16/h4-13,20,23H,3,14H2,1-2H3. The van der Waals surface area contributed by atoms with Gasteiger partial charge in [0.15, 0.2) is 6.29 Å². The second-order valence-electron chi connectivity index (χ2n) is 6.00. The van der Waals surface area contributed by atoms with Crippen molar-refractivity contribution in [2.24, 2.45) is 0 Å². The largest absolute Gasteiger partial charge is 0.497 e. The first-order chi connectivity index (χ1) is 13.1. The highest BCUT2D eigenvalue weighted by Gasteiger charge is 2.19. The predicted octanol–water partition coefficient (Wildman–Crippen LogP) is 4.55. The third-order valence-corrected chi connectivity index (χ3v) is 5.40. The molecule has 1 atom stereocenters. The van der Waals surface area contributed by atoms with Gasteiger partial charge in [-0.3, -0.25) is 4.79 Å². The van der Waals surface area contributed by atoms with E-state index in [9.17, 15) is 9.90 Å². The molecule has 0 fully saturated rings. The Labute approximate surface area is 163 Å². The number of benzene rings is 2. The second kappa shape index (κ2) is 8.95. The topological polar surface area (TPSA) is 55.8 Å². The molecule has 0 aliphatic carbocycles. The van der Waals surface area contributed by atoms with Crippen molar-refractivity contribution in [1.29, 1.82) is 0 Å². The third kappa shape index (κ3) is 4.63. The van der Waals surface area contributed by atoms with Gasteiger partial charge in [0.1, 0.15) is 5.75 Å². The number of carbonyl (C=O) groups excluding carboxylic acids is 1. The number of aliphatic hydroxyl groups is 1. The quantitative estimate of drug-likeness (QED) is 0.459. The van der Waals surface area contributed by atoms with Gasteiger partial charge in [-0.1, -0.05) is 30.3 Å². The molecule has 140 valence electrons. The van der Waals surface area contributed by atoms with Gasteiger partial charge in [-0.2, -0.15) is 0 Å². The highest BCUT2D eigenvalue weighted by Crippen LogP contribution is 2.35. The molecule has 3 rings (SSSR count). The smallest absolute Gasteiger partial charge is 0.202 e. The van der Waals surface area contributed by atoms with Gasteiger partial charge in [0.2, 0.25) is 5.78 Å². The Morgan fingerprint density at radius 2 is 1.81 bits per heavy atom. The van der Waals surface area contributed by atoms with Crippen LogP contribution in [0.4, 0.5) is 0 Å². The van der Waals surface area contributed by atoms with Crippen LogP contribution in [0, 0.1) is 0 Å². The lowest BCUT2D eigenvalue weighted by Gasteiger charge is -2.11. The van der Waals surface area contributed by atoms with Crippen LogP contribution >= 0.6 is 11.3 Å². The second-order valence-corrected chi connectivity index (χ2v) is 7.05. The van der Waals surface area contributed by atoms with E-state index in [0.717, 1.165) is 21.8 Å². The molecule has 1 heterocycles. The fourth-order valence-corrected chi connectivity index (χ4v) is 4.01. The molecule has 0 saturated heterocycles. The van der Waals surface area contributed by atoms with Gasteiger partial charge in [0.05, 0.1) is 12.0 Å². The number of rotatable bonds is 8. The van der Waals surface area contributed by atoms with Gasteiger partial charge < -0.3 is 14.6 Å². The molecule has 27 heavy (non-hydrogen) atoms. The first-order valence-electron chi connectivity index (χ1n) is 8.79. The number of methoxy groups -OCH3 is 1. The van der Waals surface area contributed by atoms with Crippen LogP contribution in [-0.2, 0) is 11.2 Å². The van der Waals surface area contributed by atoms with Crippen LogP contribution in [0.15, 0.2) is 60.7 Å². The molecule has 0 saturated carbocycles. The summed E-state index contributed by atoms with van der Waals surface area (Å²) in [7, 11) is 1.63. The summed E-state index contributed by atoms with van der Waals surface area (Å²) in [5, 5.41) is 10.1. The Hall–Kier alpha value is -2.47. The average Bonchev–Trinajstić information content (AvgIpc) is 3.12. The van der Waals surface area contributed by atoms with Crippen LogP contribution < -0.4 is 4.74 Å². The zero-order chi connectivity index (χ0) is 19.2. The number of ether oxygens (including phenoxy) is 2. The summed E-state index contributed by atoms with van der Waals surface area (Å²) < 4.78 is 10.5. The molecular formula is C22H22O4S. The number of hydrogen-bond acceptors (Lipinski definition) is 5. The van der Waals surface area contributed by atoms with Crippen molar-refractivity contribution >= 4 is 17.1 Å². The first-order valence-corrected chi connectivity index (χ1v) is 9.60. The predicted molar refractivity (Wildman–Crippen MR) is 108 cm³/mol. The maximum absolute atomic E-state index is 12.9. The lowest BCUT2D eigenvalue weighted by molar-refractivity contribution is -0.0926. The Kier molecular flexibility index (Phi) is 6.40. The summed E-state index contributed by atoms with van der Waals surface area (Å²) in [4.78, 5) is 14.5. The van der Waals surface area contributed by atoms with Crippen molar-refractivity contribution in [2.75, 3.05) is 13.7 Å². The summed E-state index contributed by atoms with van der Waals surface area (Å²) in [6.45, 7) is 2.27. The SMILES string of the molecule is CCOC(O)Cc1cc(C(=O)c2ccccc2)sc1-c1ccc(OC)cc1. The Bertz CT molecular complexity index is 884. The lowest BCUT2D eigenvalue weighted by atomic mass is 10.0. The van der Waals surface area contributed by atoms with Crippen LogP contribution in [0.3, 0.4) is 0 Å². The van der Waals surface area contributed by atoms with Crippen LogP contribution in [0.1, 0.15) is 27.7 Å². The maximum Gasteiger partial charge on any atom is 0.202 e. The van der Waals surface area contributed by atoms with Crippen molar-refractivity contribution < 1.29 is 19.4 Å². The van der Waals surface area contributed by atoms with Gasteiger partial charge >= 0.3 is 0 Å². The maximum atomic E-state index is 12.9. The third-order valence-electron chi connectivity index (χ3n) is 4.17. The number of hydrogen-bond donors (Lipinski definition) is 1. The normalized spacial score (nSPS) is 12.0. The van der Waals surface area contributed by atoms with E-state index in [1.54, 1.807) is 7.11 Å². The zero-order valence-electron chi connectivity index (χ0n) is 15.3. The average molecular weight is 382 g/mol. The molecule has 1 unspecified atom stereocenters. The minimum Gasteiger partial charge on any atom is -0.497 e. The highest BCUT2D eigenvalue weighted by molar-refractivity contribution is 7.17. The summed E-state index contributed by atoms with van der Waals surface area (Å²) in [5.74, 6) is 0.749. The van der Waals surface area contributed by atoms with Crippen molar-refractivity contribution in [3.05, 3.63) is 76.7 Å². The Morgan fingerprint density at radius 1 is 1.11 bits per heavy atom. The summed E-state index contributed by atoms with van der Waals surface area (Å²) in [6.07, 6.45) is -0.574. The van der Waals surface area contributed by atoms with Crippen LogP contribution in [0.2, 0.25) is 0 Å². The van der Waals surface area contributed by atoms with E-state index >= 15 is 0 Å². The highest BCUT2D eigenvalue weighted by atomic mass is 32.1. The minimum absolute atomic E-state index is 0.0208. The number of carbonyl (C=O) groups is 1. The van der Waals surface area contributed by atoms with Crippen LogP contribution in [0.25, 0.3) is 10.4 Å². The van der Waals surface area contributed by atoms with E-state index in [0.29, 0.717) is 23.5 Å². The van der Waals surface area contributed by atoms with Gasteiger partial charge in [0, 0.05) is 23.5 Å². The molecule has 1 aromatic heterocycles. The van der Waals surface area contributed by atoms with Crippen molar-refractivity contribution in [2.45, 2.75) is 19.6 Å². The number of thiophene rings is 1. The molecule has 5 heteroatoms. The van der Waals surface area contributed by atoms with Crippen molar-refractivity contribution in [1.82, 2.24) is 0 Å². The molecule has 4 nitrogen and oxygen atoms in total. The summed E-state index contributed by atoms with van der Waals surface area (Å²) >= 11 is 1.43. The van der Waals surface area contributed by atoms with E-state index in [4.69, 9.17) is 9.47 Å². The first kappa shape index (κ1) is 19.3. The van der Waals surface area contributed by atoms with E-state index in [1.807, 2.05) is 67.6 Å². The molecular weight excluding hydrogens is 360 g/mol. The summed E-state index contributed by atoms with van der Waals surface area (Å²) in [5.41, 5.74) is 2.52. The molecule has 0 spiro atoms. The van der Waals surface area contributed by atoms with Crippen molar-refractivity contribution in [3.8, 4) is 16.2 Å². The van der Waals surface area contributed by atoms with Gasteiger partial charge in [0.25, 0.3) is 0 Å². The van der Waals surface area contributed by atoms with Crippen molar-refractivity contribution in [3.63, 3.8) is 0 Å². The molecule has 0 amide bonds. The molecule has 0 aliphatic rings. The molecule has 1 N–H and O–H groups in total. The van der Waals surface area contributed by atoms with E-state index in [2.05, 4.69) is 0 Å².